The Morgan fingerprint density at radius 2 is 1.68 bits per heavy atom. The van der Waals surface area contributed by atoms with E-state index in [-0.39, 0.29) is 5.91 Å². The quantitative estimate of drug-likeness (QED) is 0.259. The summed E-state index contributed by atoms with van der Waals surface area (Å²) in [4.78, 5) is 17.2. The van der Waals surface area contributed by atoms with E-state index in [0.29, 0.717) is 31.9 Å². The van der Waals surface area contributed by atoms with Gasteiger partial charge in [0, 0.05) is 23.0 Å². The number of carbonyl (C=O) groups excluding carboxylic acids is 1. The number of halogens is 1. The summed E-state index contributed by atoms with van der Waals surface area (Å²) in [6.45, 7) is 4.30. The van der Waals surface area contributed by atoms with Crippen molar-refractivity contribution in [3.63, 3.8) is 0 Å². The second kappa shape index (κ2) is 11.7. The monoisotopic (exact) mass is 521 g/mol. The van der Waals surface area contributed by atoms with Gasteiger partial charge < -0.3 is 19.4 Å². The minimum absolute atomic E-state index is 0.0673. The normalized spacial score (nSPS) is 10.9. The Labute approximate surface area is 208 Å². The molecule has 3 aromatic carbocycles. The number of imidazole rings is 1. The highest BCUT2D eigenvalue weighted by molar-refractivity contribution is 9.10. The second-order valence-electron chi connectivity index (χ2n) is 7.76. The van der Waals surface area contributed by atoms with Crippen molar-refractivity contribution in [2.45, 2.75) is 26.3 Å². The van der Waals surface area contributed by atoms with Crippen molar-refractivity contribution in [2.75, 3.05) is 19.8 Å². The van der Waals surface area contributed by atoms with Crippen LogP contribution in [0.2, 0.25) is 0 Å². The third kappa shape index (κ3) is 5.97. The van der Waals surface area contributed by atoms with E-state index in [4.69, 9.17) is 14.5 Å². The van der Waals surface area contributed by atoms with Crippen LogP contribution in [-0.2, 0) is 13.0 Å². The molecule has 0 fully saturated rings. The lowest BCUT2D eigenvalue weighted by molar-refractivity contribution is 0.0953. The van der Waals surface area contributed by atoms with Crippen molar-refractivity contribution in [1.29, 1.82) is 0 Å². The predicted octanol–water partition coefficient (Wildman–Crippen LogP) is 5.64. The third-order valence-electron chi connectivity index (χ3n) is 5.42. The summed E-state index contributed by atoms with van der Waals surface area (Å²) in [7, 11) is 0. The smallest absolute Gasteiger partial charge is 0.251 e. The fourth-order valence-electron chi connectivity index (χ4n) is 3.81. The fraction of sp³-hybridized carbons (Fsp3) is 0.259. The number of amides is 1. The molecule has 0 aliphatic carbocycles. The highest BCUT2D eigenvalue weighted by Crippen LogP contribution is 2.26. The van der Waals surface area contributed by atoms with Gasteiger partial charge in [0.2, 0.25) is 0 Å². The Morgan fingerprint density at radius 3 is 2.44 bits per heavy atom. The highest BCUT2D eigenvalue weighted by Gasteiger charge is 2.12. The van der Waals surface area contributed by atoms with E-state index >= 15 is 0 Å². The average Bonchev–Trinajstić information content (AvgIpc) is 3.21. The first-order valence-corrected chi connectivity index (χ1v) is 12.3. The Kier molecular flexibility index (Phi) is 8.20. The molecule has 0 atom stereocenters. The fourth-order valence-corrected chi connectivity index (χ4v) is 4.07. The minimum atomic E-state index is -0.0673. The summed E-state index contributed by atoms with van der Waals surface area (Å²) in [5.74, 6) is 2.41. The number of nitrogens with zero attached hydrogens (tertiary/aromatic N) is 2. The maximum atomic E-state index is 12.4. The summed E-state index contributed by atoms with van der Waals surface area (Å²) in [6.07, 6.45) is 1.55. The summed E-state index contributed by atoms with van der Waals surface area (Å²) < 4.78 is 14.9. The lowest BCUT2D eigenvalue weighted by atomic mass is 10.2. The van der Waals surface area contributed by atoms with Crippen LogP contribution in [0.25, 0.3) is 11.0 Å². The molecule has 1 N–H and O–H groups in total. The molecule has 34 heavy (non-hydrogen) atoms. The SMILES string of the molecule is CCOc1ccccc1OCCn1c(CCCNC(=O)c2ccc(Br)cc2)nc2ccccc21. The molecule has 0 aliphatic rings. The lowest BCUT2D eigenvalue weighted by Gasteiger charge is -2.13. The number of hydrogen-bond acceptors (Lipinski definition) is 4. The Balaban J connectivity index is 1.37. The number of aromatic nitrogens is 2. The number of aryl methyl sites for hydroxylation is 1. The van der Waals surface area contributed by atoms with Crippen LogP contribution in [-0.4, -0.2) is 35.2 Å². The van der Waals surface area contributed by atoms with E-state index in [1.54, 1.807) is 0 Å². The van der Waals surface area contributed by atoms with Crippen LogP contribution >= 0.6 is 15.9 Å². The van der Waals surface area contributed by atoms with E-state index in [1.165, 1.54) is 0 Å². The standard InChI is InChI=1S/C27H28BrN3O3/c1-2-33-24-10-5-6-11-25(24)34-19-18-31-23-9-4-3-8-22(23)30-26(31)12-7-17-29-27(32)20-13-15-21(28)16-14-20/h3-6,8-11,13-16H,2,7,12,17-19H2,1H3,(H,29,32). The molecule has 0 unspecified atom stereocenters. The number of carbonyl (C=O) groups is 1. The minimum Gasteiger partial charge on any atom is -0.490 e. The molecule has 1 heterocycles. The number of fused-ring (bicyclic) bond motifs is 1. The third-order valence-corrected chi connectivity index (χ3v) is 5.95. The first-order chi connectivity index (χ1) is 16.7. The summed E-state index contributed by atoms with van der Waals surface area (Å²) >= 11 is 3.39. The molecule has 0 bridgehead atoms. The maximum absolute atomic E-state index is 12.4. The maximum Gasteiger partial charge on any atom is 0.251 e. The molecule has 0 saturated heterocycles. The molecule has 0 aliphatic heterocycles. The van der Waals surface area contributed by atoms with Crippen LogP contribution in [0.4, 0.5) is 0 Å². The van der Waals surface area contributed by atoms with E-state index in [2.05, 4.69) is 31.9 Å². The zero-order valence-corrected chi connectivity index (χ0v) is 20.8. The van der Waals surface area contributed by atoms with Gasteiger partial charge in [0.25, 0.3) is 5.91 Å². The number of rotatable bonds is 11. The van der Waals surface area contributed by atoms with Gasteiger partial charge in [-0.25, -0.2) is 4.98 Å². The lowest BCUT2D eigenvalue weighted by Crippen LogP contribution is -2.25. The molecular formula is C27H28BrN3O3. The van der Waals surface area contributed by atoms with Gasteiger partial charge in [0.1, 0.15) is 12.4 Å². The molecule has 7 heteroatoms. The van der Waals surface area contributed by atoms with Crippen molar-refractivity contribution in [2.24, 2.45) is 0 Å². The van der Waals surface area contributed by atoms with Crippen LogP contribution in [0, 0.1) is 0 Å². The average molecular weight is 522 g/mol. The van der Waals surface area contributed by atoms with Crippen molar-refractivity contribution in [3.8, 4) is 11.5 Å². The molecule has 1 amide bonds. The first kappa shape index (κ1) is 23.8. The molecule has 4 rings (SSSR count). The van der Waals surface area contributed by atoms with E-state index < -0.39 is 0 Å². The topological polar surface area (TPSA) is 65.4 Å². The van der Waals surface area contributed by atoms with Gasteiger partial charge in [-0.2, -0.15) is 0 Å². The van der Waals surface area contributed by atoms with Gasteiger partial charge in [0.15, 0.2) is 11.5 Å². The Bertz CT molecular complexity index is 1240. The van der Waals surface area contributed by atoms with Crippen LogP contribution in [0.1, 0.15) is 29.5 Å². The molecular weight excluding hydrogens is 494 g/mol. The first-order valence-electron chi connectivity index (χ1n) is 11.5. The van der Waals surface area contributed by atoms with Crippen LogP contribution in [0.15, 0.2) is 77.3 Å². The van der Waals surface area contributed by atoms with Gasteiger partial charge in [-0.05, 0) is 61.9 Å². The summed E-state index contributed by atoms with van der Waals surface area (Å²) in [5, 5.41) is 2.99. The number of para-hydroxylation sites is 4. The molecule has 6 nitrogen and oxygen atoms in total. The Hall–Kier alpha value is -3.32. The molecule has 176 valence electrons. The van der Waals surface area contributed by atoms with Crippen LogP contribution in [0.3, 0.4) is 0 Å². The van der Waals surface area contributed by atoms with E-state index in [0.717, 1.165) is 45.7 Å². The summed E-state index contributed by atoms with van der Waals surface area (Å²) in [6, 6.07) is 23.2. The zero-order valence-electron chi connectivity index (χ0n) is 19.2. The van der Waals surface area contributed by atoms with Crippen molar-refractivity contribution in [3.05, 3.63) is 88.7 Å². The van der Waals surface area contributed by atoms with Crippen molar-refractivity contribution < 1.29 is 14.3 Å². The molecule has 0 spiro atoms. The number of hydrogen-bond donors (Lipinski definition) is 1. The van der Waals surface area contributed by atoms with E-state index in [1.807, 2.05) is 73.7 Å². The van der Waals surface area contributed by atoms with Gasteiger partial charge in [-0.1, -0.05) is 40.2 Å². The molecule has 0 saturated carbocycles. The van der Waals surface area contributed by atoms with Crippen LogP contribution in [0.5, 0.6) is 11.5 Å². The largest absolute Gasteiger partial charge is 0.490 e. The molecule has 1 aromatic heterocycles. The van der Waals surface area contributed by atoms with Crippen LogP contribution < -0.4 is 14.8 Å². The van der Waals surface area contributed by atoms with Crippen molar-refractivity contribution >= 4 is 32.9 Å². The number of nitrogens with one attached hydrogen (secondary N) is 1. The number of benzene rings is 3. The highest BCUT2D eigenvalue weighted by atomic mass is 79.9. The summed E-state index contributed by atoms with van der Waals surface area (Å²) in [5.41, 5.74) is 2.70. The predicted molar refractivity (Wildman–Crippen MR) is 138 cm³/mol. The zero-order chi connectivity index (χ0) is 23.8. The van der Waals surface area contributed by atoms with Gasteiger partial charge >= 0.3 is 0 Å². The van der Waals surface area contributed by atoms with Gasteiger partial charge in [-0.3, -0.25) is 4.79 Å². The number of ether oxygens (including phenoxy) is 2. The second-order valence-corrected chi connectivity index (χ2v) is 8.68. The van der Waals surface area contributed by atoms with Crippen molar-refractivity contribution in [1.82, 2.24) is 14.9 Å². The molecule has 4 aromatic rings. The van der Waals surface area contributed by atoms with Gasteiger partial charge in [-0.15, -0.1) is 0 Å². The van der Waals surface area contributed by atoms with Gasteiger partial charge in [0.05, 0.1) is 24.2 Å². The van der Waals surface area contributed by atoms with E-state index in [9.17, 15) is 4.79 Å². The Morgan fingerprint density at radius 1 is 0.971 bits per heavy atom. The molecule has 0 radical (unpaired) electrons.